The fraction of sp³-hybridized carbons (Fsp3) is 0.375. The Morgan fingerprint density at radius 3 is 2.45 bits per heavy atom. The van der Waals surface area contributed by atoms with Crippen molar-refractivity contribution in [3.8, 4) is 11.8 Å². The highest BCUT2D eigenvalue weighted by Crippen LogP contribution is 2.12. The summed E-state index contributed by atoms with van der Waals surface area (Å²) in [5.41, 5.74) is 0.899. The van der Waals surface area contributed by atoms with Crippen LogP contribution >= 0.6 is 0 Å². The maximum atomic E-state index is 11.6. The second-order valence-corrected chi connectivity index (χ2v) is 4.72. The molecule has 0 spiro atoms. The van der Waals surface area contributed by atoms with E-state index in [4.69, 9.17) is 20.1 Å². The molecular formula is C16H18N2O4. The van der Waals surface area contributed by atoms with Crippen molar-refractivity contribution in [3.05, 3.63) is 29.8 Å². The van der Waals surface area contributed by atoms with Crippen LogP contribution in [0, 0.1) is 22.7 Å². The summed E-state index contributed by atoms with van der Waals surface area (Å²) < 4.78 is 9.88. The molecule has 0 bridgehead atoms. The van der Waals surface area contributed by atoms with Gasteiger partial charge in [0.1, 0.15) is 11.7 Å². The highest BCUT2D eigenvalue weighted by Gasteiger charge is 2.21. The van der Waals surface area contributed by atoms with Gasteiger partial charge in [-0.2, -0.15) is 5.26 Å². The minimum absolute atomic E-state index is 0.0539. The van der Waals surface area contributed by atoms with Crippen molar-refractivity contribution >= 4 is 17.5 Å². The van der Waals surface area contributed by atoms with E-state index in [9.17, 15) is 9.59 Å². The van der Waals surface area contributed by atoms with E-state index < -0.39 is 24.3 Å². The van der Waals surface area contributed by atoms with Crippen LogP contribution < -0.4 is 4.74 Å². The molecule has 1 atom stereocenters. The third-order valence-electron chi connectivity index (χ3n) is 3.04. The third kappa shape index (κ3) is 5.37. The zero-order valence-corrected chi connectivity index (χ0v) is 12.6. The molecule has 1 rings (SSSR count). The Hall–Kier alpha value is -2.68. The Morgan fingerprint density at radius 1 is 1.32 bits per heavy atom. The zero-order valence-electron chi connectivity index (χ0n) is 12.6. The second-order valence-electron chi connectivity index (χ2n) is 4.72. The number of carbonyl (C=O) groups excluding carboxylic acids is 2. The van der Waals surface area contributed by atoms with Crippen LogP contribution in [0.3, 0.4) is 0 Å². The largest absolute Gasteiger partial charge is 0.497 e. The van der Waals surface area contributed by atoms with Gasteiger partial charge in [-0.25, -0.2) is 0 Å². The van der Waals surface area contributed by atoms with Crippen molar-refractivity contribution in [2.45, 2.75) is 19.8 Å². The lowest BCUT2D eigenvalue weighted by molar-refractivity contribution is -0.148. The first kappa shape index (κ1) is 17.4. The summed E-state index contributed by atoms with van der Waals surface area (Å²) in [7, 11) is 1.58. The van der Waals surface area contributed by atoms with Crippen LogP contribution in [0.1, 0.15) is 18.9 Å². The van der Waals surface area contributed by atoms with Gasteiger partial charge in [0.25, 0.3) is 0 Å². The smallest absolute Gasteiger partial charge is 0.306 e. The van der Waals surface area contributed by atoms with E-state index in [2.05, 4.69) is 0 Å². The van der Waals surface area contributed by atoms with Crippen LogP contribution in [0.4, 0.5) is 0 Å². The number of nitriles is 1. The maximum Gasteiger partial charge on any atom is 0.306 e. The minimum Gasteiger partial charge on any atom is -0.497 e. The summed E-state index contributed by atoms with van der Waals surface area (Å²) in [6.07, 6.45) is 0.628. The molecule has 0 saturated heterocycles. The van der Waals surface area contributed by atoms with Crippen molar-refractivity contribution in [2.75, 3.05) is 13.7 Å². The topological polar surface area (TPSA) is 100 Å². The molecule has 6 heteroatoms. The van der Waals surface area contributed by atoms with E-state index in [1.807, 2.05) is 12.1 Å². The number of Topliss-reactive ketones (excluding diaryl/α,β-unsaturated/α-hetero) is 1. The standard InChI is InChI=1S/C16H18N2O4/c1-11(18)14(9-17)15(19)10-22-16(20)8-5-12-3-6-13(21-2)7-4-12/h3-4,6-7,14,18H,5,8,10H2,1-2H3. The van der Waals surface area contributed by atoms with Gasteiger partial charge in [-0.1, -0.05) is 12.1 Å². The van der Waals surface area contributed by atoms with Crippen LogP contribution in [-0.2, 0) is 20.7 Å². The van der Waals surface area contributed by atoms with Gasteiger partial charge in [-0.3, -0.25) is 9.59 Å². The number of carbonyl (C=O) groups is 2. The van der Waals surface area contributed by atoms with Crippen molar-refractivity contribution in [1.29, 1.82) is 10.7 Å². The molecule has 0 aromatic heterocycles. The fourth-order valence-corrected chi connectivity index (χ4v) is 1.76. The predicted molar refractivity (Wildman–Crippen MR) is 79.8 cm³/mol. The van der Waals surface area contributed by atoms with Crippen LogP contribution in [0.25, 0.3) is 0 Å². The SMILES string of the molecule is COc1ccc(CCC(=O)OCC(=O)C(C#N)C(C)=N)cc1. The Labute approximate surface area is 129 Å². The molecule has 0 aliphatic carbocycles. The molecular weight excluding hydrogens is 284 g/mol. The van der Waals surface area contributed by atoms with Gasteiger partial charge in [-0.15, -0.1) is 0 Å². The number of nitrogens with one attached hydrogen (secondary N) is 1. The van der Waals surface area contributed by atoms with Crippen molar-refractivity contribution in [3.63, 3.8) is 0 Å². The van der Waals surface area contributed by atoms with E-state index in [0.29, 0.717) is 6.42 Å². The summed E-state index contributed by atoms with van der Waals surface area (Å²) in [4.78, 5) is 23.2. The van der Waals surface area contributed by atoms with Gasteiger partial charge < -0.3 is 14.9 Å². The number of ether oxygens (including phenoxy) is 2. The first-order chi connectivity index (χ1) is 10.5. The number of esters is 1. The molecule has 0 heterocycles. The molecule has 116 valence electrons. The predicted octanol–water partition coefficient (Wildman–Crippen LogP) is 1.92. The molecule has 1 aromatic carbocycles. The average molecular weight is 302 g/mol. The van der Waals surface area contributed by atoms with E-state index in [-0.39, 0.29) is 12.1 Å². The van der Waals surface area contributed by atoms with Crippen LogP contribution in [-0.4, -0.2) is 31.2 Å². The van der Waals surface area contributed by atoms with Crippen molar-refractivity contribution in [2.24, 2.45) is 5.92 Å². The lowest BCUT2D eigenvalue weighted by atomic mass is 10.0. The number of ketones is 1. The molecule has 0 fully saturated rings. The molecule has 0 saturated carbocycles. The van der Waals surface area contributed by atoms with Gasteiger partial charge in [0, 0.05) is 12.1 Å². The summed E-state index contributed by atoms with van der Waals surface area (Å²) >= 11 is 0. The summed E-state index contributed by atoms with van der Waals surface area (Å²) in [6, 6.07) is 9.01. The molecule has 1 N–H and O–H groups in total. The lowest BCUT2D eigenvalue weighted by Gasteiger charge is -2.08. The number of rotatable bonds is 8. The minimum atomic E-state index is -1.14. The number of hydrogen-bond acceptors (Lipinski definition) is 6. The van der Waals surface area contributed by atoms with E-state index in [0.717, 1.165) is 11.3 Å². The normalized spacial score (nSPS) is 11.1. The molecule has 6 nitrogen and oxygen atoms in total. The molecule has 22 heavy (non-hydrogen) atoms. The highest BCUT2D eigenvalue weighted by molar-refractivity contribution is 6.05. The summed E-state index contributed by atoms with van der Waals surface area (Å²) in [6.45, 7) is 0.896. The molecule has 0 aliphatic heterocycles. The third-order valence-corrected chi connectivity index (χ3v) is 3.04. The van der Waals surface area contributed by atoms with E-state index in [1.165, 1.54) is 6.92 Å². The molecule has 0 amide bonds. The first-order valence-electron chi connectivity index (χ1n) is 6.74. The zero-order chi connectivity index (χ0) is 16.5. The lowest BCUT2D eigenvalue weighted by Crippen LogP contribution is -2.25. The monoisotopic (exact) mass is 302 g/mol. The molecule has 0 aliphatic rings. The van der Waals surface area contributed by atoms with Gasteiger partial charge in [0.15, 0.2) is 12.4 Å². The number of hydrogen-bond donors (Lipinski definition) is 1. The van der Waals surface area contributed by atoms with Gasteiger partial charge in [0.05, 0.1) is 13.2 Å². The van der Waals surface area contributed by atoms with Crippen LogP contribution in [0.2, 0.25) is 0 Å². The summed E-state index contributed by atoms with van der Waals surface area (Å²) in [5, 5.41) is 16.1. The van der Waals surface area contributed by atoms with Gasteiger partial charge in [-0.05, 0) is 31.0 Å². The van der Waals surface area contributed by atoms with Crippen molar-refractivity contribution < 1.29 is 19.1 Å². The number of nitrogens with zero attached hydrogens (tertiary/aromatic N) is 1. The molecule has 1 aromatic rings. The van der Waals surface area contributed by atoms with Gasteiger partial charge >= 0.3 is 5.97 Å². The quantitative estimate of drug-likeness (QED) is 0.584. The van der Waals surface area contributed by atoms with E-state index >= 15 is 0 Å². The van der Waals surface area contributed by atoms with E-state index in [1.54, 1.807) is 25.3 Å². The maximum absolute atomic E-state index is 11.6. The summed E-state index contributed by atoms with van der Waals surface area (Å²) in [5.74, 6) is -1.49. The first-order valence-corrected chi connectivity index (χ1v) is 6.74. The number of benzene rings is 1. The average Bonchev–Trinajstić information content (AvgIpc) is 2.51. The Balaban J connectivity index is 2.38. The van der Waals surface area contributed by atoms with Crippen LogP contribution in [0.15, 0.2) is 24.3 Å². The Kier molecular flexibility index (Phi) is 6.77. The van der Waals surface area contributed by atoms with Crippen molar-refractivity contribution in [1.82, 2.24) is 0 Å². The van der Waals surface area contributed by atoms with Gasteiger partial charge in [0.2, 0.25) is 0 Å². The Morgan fingerprint density at radius 2 is 1.95 bits per heavy atom. The second kappa shape index (κ2) is 8.57. The fourth-order valence-electron chi connectivity index (χ4n) is 1.76. The van der Waals surface area contributed by atoms with Crippen LogP contribution in [0.5, 0.6) is 5.75 Å². The highest BCUT2D eigenvalue weighted by atomic mass is 16.5. The molecule has 1 unspecified atom stereocenters. The number of methoxy groups -OCH3 is 1. The molecule has 0 radical (unpaired) electrons. The Bertz CT molecular complexity index is 587. The number of aryl methyl sites for hydroxylation is 1.